The summed E-state index contributed by atoms with van der Waals surface area (Å²) in [6.07, 6.45) is 1.55. The van der Waals surface area contributed by atoms with Crippen molar-refractivity contribution in [2.45, 2.75) is 6.92 Å². The topological polar surface area (TPSA) is 82.1 Å². The summed E-state index contributed by atoms with van der Waals surface area (Å²) < 4.78 is 5.37. The molecule has 3 aromatic rings. The Bertz CT molecular complexity index is 780. The van der Waals surface area contributed by atoms with Gasteiger partial charge in [0.05, 0.1) is 28.2 Å². The molecule has 0 fully saturated rings. The smallest absolute Gasteiger partial charge is 0.310 e. The van der Waals surface area contributed by atoms with Crippen LogP contribution in [0.15, 0.2) is 40.9 Å². The zero-order chi connectivity index (χ0) is 13.4. The van der Waals surface area contributed by atoms with Crippen LogP contribution in [0.2, 0.25) is 0 Å². The number of furan rings is 1. The lowest BCUT2D eigenvalue weighted by atomic mass is 10.2. The van der Waals surface area contributed by atoms with Crippen LogP contribution in [0.25, 0.3) is 22.5 Å². The van der Waals surface area contributed by atoms with Gasteiger partial charge < -0.3 is 4.42 Å². The van der Waals surface area contributed by atoms with Gasteiger partial charge in [-0.3, -0.25) is 15.1 Å². The molecule has 0 aliphatic carbocycles. The van der Waals surface area contributed by atoms with E-state index >= 15 is 0 Å². The number of hydrogen-bond donors (Lipinski definition) is 0. The Morgan fingerprint density at radius 2 is 2.00 bits per heavy atom. The van der Waals surface area contributed by atoms with Gasteiger partial charge in [0, 0.05) is 6.92 Å². The molecule has 0 spiro atoms. The highest BCUT2D eigenvalue weighted by Gasteiger charge is 2.19. The maximum atomic E-state index is 10.8. The number of benzene rings is 1. The summed E-state index contributed by atoms with van der Waals surface area (Å²) in [6.45, 7) is 1.55. The fourth-order valence-electron chi connectivity index (χ4n) is 1.86. The van der Waals surface area contributed by atoms with Crippen LogP contribution in [0, 0.1) is 17.0 Å². The number of aryl methyl sites for hydroxylation is 1. The second-order valence-electron chi connectivity index (χ2n) is 4.05. The van der Waals surface area contributed by atoms with E-state index in [0.717, 1.165) is 11.0 Å². The lowest BCUT2D eigenvalue weighted by Gasteiger charge is -1.98. The molecule has 0 bridgehead atoms. The van der Waals surface area contributed by atoms with Crippen molar-refractivity contribution < 1.29 is 9.34 Å². The molecule has 1 aromatic carbocycles. The van der Waals surface area contributed by atoms with Crippen LogP contribution >= 0.6 is 0 Å². The van der Waals surface area contributed by atoms with Crippen LogP contribution in [-0.4, -0.2) is 14.9 Å². The number of para-hydroxylation sites is 2. The molecule has 0 N–H and O–H groups in total. The van der Waals surface area contributed by atoms with E-state index in [9.17, 15) is 10.1 Å². The highest BCUT2D eigenvalue weighted by atomic mass is 16.6. The van der Waals surface area contributed by atoms with Gasteiger partial charge in [0.1, 0.15) is 5.69 Å². The molecular formula is C13H9N3O3. The van der Waals surface area contributed by atoms with Gasteiger partial charge in [-0.25, -0.2) is 4.98 Å². The molecule has 0 unspecified atom stereocenters. The first kappa shape index (κ1) is 11.3. The summed E-state index contributed by atoms with van der Waals surface area (Å²) in [7, 11) is 0. The molecule has 0 aliphatic rings. The number of rotatable bonds is 2. The Kier molecular flexibility index (Phi) is 2.49. The van der Waals surface area contributed by atoms with E-state index in [1.165, 1.54) is 6.07 Å². The SMILES string of the molecule is Cc1oc(-c2cnc3ccccc3n2)cc1[N+](=O)[O-]. The molecular weight excluding hydrogens is 246 g/mol. The third-order valence-electron chi connectivity index (χ3n) is 2.79. The summed E-state index contributed by atoms with van der Waals surface area (Å²) in [5.74, 6) is 0.609. The van der Waals surface area contributed by atoms with Crippen molar-refractivity contribution in [2.24, 2.45) is 0 Å². The van der Waals surface area contributed by atoms with E-state index in [4.69, 9.17) is 4.42 Å². The number of aromatic nitrogens is 2. The third-order valence-corrected chi connectivity index (χ3v) is 2.79. The molecule has 2 aromatic heterocycles. The summed E-state index contributed by atoms with van der Waals surface area (Å²) in [6, 6.07) is 8.78. The number of fused-ring (bicyclic) bond motifs is 1. The van der Waals surface area contributed by atoms with Crippen molar-refractivity contribution in [2.75, 3.05) is 0 Å². The van der Waals surface area contributed by atoms with E-state index in [0.29, 0.717) is 11.5 Å². The Morgan fingerprint density at radius 3 is 2.68 bits per heavy atom. The molecule has 0 amide bonds. The van der Waals surface area contributed by atoms with E-state index in [1.807, 2.05) is 24.3 Å². The Balaban J connectivity index is 2.13. The fourth-order valence-corrected chi connectivity index (χ4v) is 1.86. The minimum Gasteiger partial charge on any atom is -0.452 e. The number of hydrogen-bond acceptors (Lipinski definition) is 5. The molecule has 3 rings (SSSR count). The molecule has 2 heterocycles. The van der Waals surface area contributed by atoms with E-state index < -0.39 is 4.92 Å². The fraction of sp³-hybridized carbons (Fsp3) is 0.0769. The van der Waals surface area contributed by atoms with Gasteiger partial charge in [0.15, 0.2) is 11.5 Å². The summed E-state index contributed by atoms with van der Waals surface area (Å²) in [5, 5.41) is 10.8. The van der Waals surface area contributed by atoms with Crippen molar-refractivity contribution in [3.63, 3.8) is 0 Å². The second kappa shape index (κ2) is 4.16. The molecule has 94 valence electrons. The van der Waals surface area contributed by atoms with E-state index in [1.54, 1.807) is 13.1 Å². The lowest BCUT2D eigenvalue weighted by Crippen LogP contribution is -1.87. The number of nitrogens with zero attached hydrogens (tertiary/aromatic N) is 3. The number of nitro groups is 1. The van der Waals surface area contributed by atoms with Crippen LogP contribution in [0.1, 0.15) is 5.76 Å². The van der Waals surface area contributed by atoms with Crippen LogP contribution in [0.3, 0.4) is 0 Å². The van der Waals surface area contributed by atoms with Gasteiger partial charge in [0.2, 0.25) is 0 Å². The van der Waals surface area contributed by atoms with Crippen molar-refractivity contribution in [1.29, 1.82) is 0 Å². The zero-order valence-electron chi connectivity index (χ0n) is 10.0. The Hall–Kier alpha value is -2.76. The molecule has 19 heavy (non-hydrogen) atoms. The van der Waals surface area contributed by atoms with Crippen molar-refractivity contribution >= 4 is 16.7 Å². The summed E-state index contributed by atoms with van der Waals surface area (Å²) in [5.41, 5.74) is 1.92. The van der Waals surface area contributed by atoms with Gasteiger partial charge in [0.25, 0.3) is 0 Å². The third kappa shape index (κ3) is 1.93. The first-order valence-electron chi connectivity index (χ1n) is 5.62. The monoisotopic (exact) mass is 255 g/mol. The molecule has 0 saturated heterocycles. The summed E-state index contributed by atoms with van der Waals surface area (Å²) in [4.78, 5) is 18.9. The van der Waals surface area contributed by atoms with Crippen LogP contribution in [-0.2, 0) is 0 Å². The highest BCUT2D eigenvalue weighted by molar-refractivity contribution is 5.76. The van der Waals surface area contributed by atoms with Crippen LogP contribution in [0.5, 0.6) is 0 Å². The van der Waals surface area contributed by atoms with Gasteiger partial charge >= 0.3 is 5.69 Å². The Morgan fingerprint density at radius 1 is 1.26 bits per heavy atom. The highest BCUT2D eigenvalue weighted by Crippen LogP contribution is 2.29. The maximum absolute atomic E-state index is 10.8. The van der Waals surface area contributed by atoms with E-state index in [2.05, 4.69) is 9.97 Å². The minimum atomic E-state index is -0.475. The zero-order valence-corrected chi connectivity index (χ0v) is 10.0. The minimum absolute atomic E-state index is 0.0510. The second-order valence-corrected chi connectivity index (χ2v) is 4.05. The van der Waals surface area contributed by atoms with Crippen molar-refractivity contribution in [3.8, 4) is 11.5 Å². The van der Waals surface area contributed by atoms with Crippen LogP contribution in [0.4, 0.5) is 5.69 Å². The van der Waals surface area contributed by atoms with Gasteiger partial charge in [-0.15, -0.1) is 0 Å². The van der Waals surface area contributed by atoms with Crippen molar-refractivity contribution in [1.82, 2.24) is 9.97 Å². The average molecular weight is 255 g/mol. The normalized spacial score (nSPS) is 10.8. The molecule has 6 heteroatoms. The van der Waals surface area contributed by atoms with Gasteiger partial charge in [-0.1, -0.05) is 12.1 Å². The van der Waals surface area contributed by atoms with E-state index in [-0.39, 0.29) is 11.4 Å². The largest absolute Gasteiger partial charge is 0.452 e. The first-order chi connectivity index (χ1) is 9.15. The molecule has 0 radical (unpaired) electrons. The summed E-state index contributed by atoms with van der Waals surface area (Å²) >= 11 is 0. The molecule has 0 aliphatic heterocycles. The quantitative estimate of drug-likeness (QED) is 0.519. The lowest BCUT2D eigenvalue weighted by molar-refractivity contribution is -0.385. The average Bonchev–Trinajstić information content (AvgIpc) is 2.80. The molecule has 0 atom stereocenters. The predicted molar refractivity (Wildman–Crippen MR) is 68.6 cm³/mol. The van der Waals surface area contributed by atoms with Crippen LogP contribution < -0.4 is 0 Å². The van der Waals surface area contributed by atoms with Gasteiger partial charge in [-0.05, 0) is 12.1 Å². The standard InChI is InChI=1S/C13H9N3O3/c1-8-12(16(17)18)6-13(19-8)11-7-14-9-4-2-3-5-10(9)15-11/h2-7H,1H3. The first-order valence-corrected chi connectivity index (χ1v) is 5.62. The molecule has 6 nitrogen and oxygen atoms in total. The Labute approximate surface area is 107 Å². The molecule has 0 saturated carbocycles. The maximum Gasteiger partial charge on any atom is 0.310 e. The van der Waals surface area contributed by atoms with Crippen molar-refractivity contribution in [3.05, 3.63) is 52.4 Å². The predicted octanol–water partition coefficient (Wildman–Crippen LogP) is 3.11. The van der Waals surface area contributed by atoms with Gasteiger partial charge in [-0.2, -0.15) is 0 Å².